The van der Waals surface area contributed by atoms with Crippen LogP contribution in [-0.2, 0) is 5.41 Å². The molecular weight excluding hydrogens is 789 g/mol. The fraction of sp³-hybridized carbons (Fsp3) is 0.0164. The second kappa shape index (κ2) is 14.8. The van der Waals surface area contributed by atoms with Crippen LogP contribution < -0.4 is 0 Å². The van der Waals surface area contributed by atoms with E-state index in [0.29, 0.717) is 17.5 Å². The van der Waals surface area contributed by atoms with Crippen molar-refractivity contribution in [3.8, 4) is 89.9 Å². The summed E-state index contributed by atoms with van der Waals surface area (Å²) in [5.41, 5.74) is 20.3. The van der Waals surface area contributed by atoms with Crippen molar-refractivity contribution < 1.29 is 0 Å². The average molecular weight is 827 g/mol. The number of hydrogen-bond acceptors (Lipinski definition) is 4. The third kappa shape index (κ3) is 5.77. The molecule has 0 radical (unpaired) electrons. The highest BCUT2D eigenvalue weighted by atomic mass is 15.0. The first kappa shape index (κ1) is 37.0. The minimum absolute atomic E-state index is 0.466. The van der Waals surface area contributed by atoms with E-state index in [4.69, 9.17) is 19.9 Å². The fourth-order valence-electron chi connectivity index (χ4n) is 10.5. The largest absolute Gasteiger partial charge is 0.247 e. The van der Waals surface area contributed by atoms with Crippen LogP contribution in [0.25, 0.3) is 101 Å². The molecule has 4 heteroatoms. The molecule has 302 valence electrons. The van der Waals surface area contributed by atoms with Gasteiger partial charge in [-0.25, -0.2) is 19.9 Å². The van der Waals surface area contributed by atoms with Gasteiger partial charge in [-0.1, -0.05) is 224 Å². The molecule has 0 saturated heterocycles. The lowest BCUT2D eigenvalue weighted by Gasteiger charge is -2.31. The van der Waals surface area contributed by atoms with Crippen molar-refractivity contribution in [2.45, 2.75) is 5.41 Å². The van der Waals surface area contributed by atoms with Crippen LogP contribution in [0.3, 0.4) is 0 Å². The second-order valence-corrected chi connectivity index (χ2v) is 16.9. The number of fused-ring (bicyclic) bond motifs is 12. The molecule has 0 amide bonds. The predicted octanol–water partition coefficient (Wildman–Crippen LogP) is 14.8. The quantitative estimate of drug-likeness (QED) is 0.168. The number of nitrogens with zero attached hydrogens (tertiary/aromatic N) is 4. The zero-order valence-corrected chi connectivity index (χ0v) is 35.2. The molecule has 0 bridgehead atoms. The number of rotatable bonds is 6. The first-order valence-electron chi connectivity index (χ1n) is 22.1. The van der Waals surface area contributed by atoms with Crippen LogP contribution in [0.4, 0.5) is 0 Å². The number of benzene rings is 9. The summed E-state index contributed by atoms with van der Waals surface area (Å²) in [5, 5.41) is 1.19. The SMILES string of the molecule is c1ccc(-c2ccc(-c3nc(-c4ccccc4)nc(-c4ccc(-c5ccc(-c6nc7ccccc7c7c6-c6ccccc6C76c7ccccc7-c7ccccc76)cc5)cc4)n3)cc2)cc1. The summed E-state index contributed by atoms with van der Waals surface area (Å²) >= 11 is 0. The highest BCUT2D eigenvalue weighted by molar-refractivity contribution is 6.06. The molecule has 2 aliphatic carbocycles. The van der Waals surface area contributed by atoms with Gasteiger partial charge in [0.25, 0.3) is 0 Å². The molecule has 0 saturated carbocycles. The van der Waals surface area contributed by atoms with Crippen molar-refractivity contribution in [3.05, 3.63) is 253 Å². The molecule has 0 aliphatic heterocycles. The lowest BCUT2D eigenvalue weighted by molar-refractivity contribution is 0.801. The van der Waals surface area contributed by atoms with Gasteiger partial charge in [-0.3, -0.25) is 0 Å². The topological polar surface area (TPSA) is 51.6 Å². The van der Waals surface area contributed by atoms with Crippen LogP contribution in [0.2, 0.25) is 0 Å². The minimum Gasteiger partial charge on any atom is -0.247 e. The molecule has 0 N–H and O–H groups in total. The van der Waals surface area contributed by atoms with Crippen molar-refractivity contribution in [1.82, 2.24) is 19.9 Å². The van der Waals surface area contributed by atoms with E-state index in [-0.39, 0.29) is 0 Å². The zero-order valence-electron chi connectivity index (χ0n) is 35.2. The summed E-state index contributed by atoms with van der Waals surface area (Å²) in [5.74, 6) is 1.91. The summed E-state index contributed by atoms with van der Waals surface area (Å²) in [6, 6.07) is 82.0. The van der Waals surface area contributed by atoms with Gasteiger partial charge in [-0.15, -0.1) is 0 Å². The summed E-state index contributed by atoms with van der Waals surface area (Å²) in [6.45, 7) is 0. The smallest absolute Gasteiger partial charge is 0.164 e. The molecule has 13 rings (SSSR count). The van der Waals surface area contributed by atoms with Crippen LogP contribution in [0, 0.1) is 0 Å². The summed E-state index contributed by atoms with van der Waals surface area (Å²) in [4.78, 5) is 20.5. The van der Waals surface area contributed by atoms with Crippen LogP contribution in [0.1, 0.15) is 22.3 Å². The van der Waals surface area contributed by atoms with E-state index >= 15 is 0 Å². The van der Waals surface area contributed by atoms with E-state index in [1.807, 2.05) is 36.4 Å². The summed E-state index contributed by atoms with van der Waals surface area (Å²) in [7, 11) is 0. The molecule has 4 nitrogen and oxygen atoms in total. The lowest BCUT2D eigenvalue weighted by atomic mass is 9.69. The number of aromatic nitrogens is 4. The Morgan fingerprint density at radius 3 is 1.14 bits per heavy atom. The van der Waals surface area contributed by atoms with E-state index in [0.717, 1.165) is 50.2 Å². The van der Waals surface area contributed by atoms with Crippen molar-refractivity contribution in [2.24, 2.45) is 0 Å². The average Bonchev–Trinajstić information content (AvgIpc) is 3.87. The Labute approximate surface area is 377 Å². The van der Waals surface area contributed by atoms with Crippen LogP contribution in [0.5, 0.6) is 0 Å². The fourth-order valence-corrected chi connectivity index (χ4v) is 10.5. The Morgan fingerprint density at radius 1 is 0.262 bits per heavy atom. The Balaban J connectivity index is 0.888. The Bertz CT molecular complexity index is 3570. The molecule has 9 aromatic carbocycles. The maximum absolute atomic E-state index is 5.49. The van der Waals surface area contributed by atoms with Crippen molar-refractivity contribution in [1.29, 1.82) is 0 Å². The number of pyridine rings is 1. The van der Waals surface area contributed by atoms with Gasteiger partial charge < -0.3 is 0 Å². The number of hydrogen-bond donors (Lipinski definition) is 0. The van der Waals surface area contributed by atoms with E-state index in [9.17, 15) is 0 Å². The zero-order chi connectivity index (χ0) is 42.9. The molecule has 2 aliphatic rings. The van der Waals surface area contributed by atoms with Gasteiger partial charge in [-0.2, -0.15) is 0 Å². The predicted molar refractivity (Wildman–Crippen MR) is 264 cm³/mol. The van der Waals surface area contributed by atoms with Crippen molar-refractivity contribution >= 4 is 10.9 Å². The van der Waals surface area contributed by atoms with Gasteiger partial charge in [0.15, 0.2) is 17.5 Å². The summed E-state index contributed by atoms with van der Waals surface area (Å²) in [6.07, 6.45) is 0. The maximum Gasteiger partial charge on any atom is 0.164 e. The molecule has 65 heavy (non-hydrogen) atoms. The molecular formula is C61H38N4. The Kier molecular flexibility index (Phi) is 8.40. The molecule has 1 spiro atoms. The molecule has 2 heterocycles. The van der Waals surface area contributed by atoms with E-state index in [1.54, 1.807) is 0 Å². The summed E-state index contributed by atoms with van der Waals surface area (Å²) < 4.78 is 0. The van der Waals surface area contributed by atoms with Crippen molar-refractivity contribution in [3.63, 3.8) is 0 Å². The molecule has 2 aromatic heterocycles. The first-order valence-corrected chi connectivity index (χ1v) is 22.1. The third-order valence-corrected chi connectivity index (χ3v) is 13.4. The minimum atomic E-state index is -0.466. The maximum atomic E-state index is 5.49. The highest BCUT2D eigenvalue weighted by Crippen LogP contribution is 2.65. The van der Waals surface area contributed by atoms with Crippen LogP contribution in [-0.4, -0.2) is 19.9 Å². The van der Waals surface area contributed by atoms with Gasteiger partial charge in [0.1, 0.15) is 0 Å². The van der Waals surface area contributed by atoms with Gasteiger partial charge >= 0.3 is 0 Å². The van der Waals surface area contributed by atoms with E-state index in [2.05, 4.69) is 194 Å². The van der Waals surface area contributed by atoms with Crippen molar-refractivity contribution in [2.75, 3.05) is 0 Å². The lowest BCUT2D eigenvalue weighted by Crippen LogP contribution is -2.26. The molecule has 0 fully saturated rings. The van der Waals surface area contributed by atoms with E-state index < -0.39 is 5.41 Å². The first-order chi connectivity index (χ1) is 32.2. The van der Waals surface area contributed by atoms with Crippen LogP contribution in [0.15, 0.2) is 231 Å². The normalized spacial score (nSPS) is 12.7. The van der Waals surface area contributed by atoms with E-state index in [1.165, 1.54) is 55.5 Å². The standard InChI is InChI=1S/C61H38N4/c1-3-15-39(16-4-1)40-29-35-45(36-30-40)59-63-58(44-17-5-2-6-18-44)64-60(65-59)46-37-31-42(32-38-46)41-27-33-43(34-28-41)57-55-49-21-9-13-25-53(49)61(56(55)50-22-10-14-26-54(50)62-57)51-23-11-7-19-47(51)48-20-8-12-24-52(48)61/h1-38H. The molecule has 11 aromatic rings. The molecule has 0 atom stereocenters. The van der Waals surface area contributed by atoms with Gasteiger partial charge in [0, 0.05) is 33.2 Å². The van der Waals surface area contributed by atoms with Gasteiger partial charge in [0.2, 0.25) is 0 Å². The number of para-hydroxylation sites is 1. The Morgan fingerprint density at radius 2 is 0.615 bits per heavy atom. The monoisotopic (exact) mass is 826 g/mol. The van der Waals surface area contributed by atoms with Gasteiger partial charge in [0.05, 0.1) is 16.6 Å². The highest BCUT2D eigenvalue weighted by Gasteiger charge is 2.53. The molecule has 0 unspecified atom stereocenters. The van der Waals surface area contributed by atoms with Crippen LogP contribution >= 0.6 is 0 Å². The third-order valence-electron chi connectivity index (χ3n) is 13.4. The Hall–Kier alpha value is -8.60. The second-order valence-electron chi connectivity index (χ2n) is 16.9. The van der Waals surface area contributed by atoms with Gasteiger partial charge in [-0.05, 0) is 67.3 Å².